The van der Waals surface area contributed by atoms with E-state index in [9.17, 15) is 22.4 Å². The molecule has 0 atom stereocenters. The molecule has 9 nitrogen and oxygen atoms in total. The van der Waals surface area contributed by atoms with Crippen molar-refractivity contribution in [3.63, 3.8) is 0 Å². The molecule has 0 radical (unpaired) electrons. The fraction of sp³-hybridized carbons (Fsp3) is 0.100. The van der Waals surface area contributed by atoms with Crippen LogP contribution < -0.4 is 5.73 Å². The Hall–Kier alpha value is -3.67. The number of primary amides is 1. The van der Waals surface area contributed by atoms with Crippen LogP contribution in [0.5, 0.6) is 0 Å². The molecule has 0 aliphatic rings. The van der Waals surface area contributed by atoms with Gasteiger partial charge < -0.3 is 5.73 Å². The summed E-state index contributed by atoms with van der Waals surface area (Å²) in [7, 11) is 0. The zero-order valence-corrected chi connectivity index (χ0v) is 20.7. The van der Waals surface area contributed by atoms with Crippen LogP contribution in [0.1, 0.15) is 21.6 Å². The van der Waals surface area contributed by atoms with Crippen molar-refractivity contribution in [3.8, 4) is 6.07 Å². The number of nitrogens with two attached hydrogens (primary N) is 1. The second-order valence-corrected chi connectivity index (χ2v) is 6.43. The van der Waals surface area contributed by atoms with Crippen LogP contribution in [0.2, 0.25) is 0 Å². The molecule has 184 valence electrons. The maximum atomic E-state index is 13.3. The Morgan fingerprint density at radius 1 is 1.14 bits per heavy atom. The molecule has 15 heteroatoms. The van der Waals surface area contributed by atoms with E-state index in [1.807, 2.05) is 0 Å². The van der Waals surface area contributed by atoms with Crippen LogP contribution in [-0.4, -0.2) is 20.9 Å². The second kappa shape index (κ2) is 16.0. The smallest absolute Gasteiger partial charge is 0.270 e. The third kappa shape index (κ3) is 10.9. The van der Waals surface area contributed by atoms with Crippen LogP contribution >= 0.6 is 35.6 Å². The van der Waals surface area contributed by atoms with E-state index in [1.165, 1.54) is 18.3 Å². The molecular formula is C20H16ClF4IN8O. The molecule has 0 fully saturated rings. The first-order valence-electron chi connectivity index (χ1n) is 8.91. The minimum atomic E-state index is -0.745. The zero-order valence-electron chi connectivity index (χ0n) is 17.6. The first kappa shape index (κ1) is 31.3. The standard InChI is InChI=1S/C10H8F2N4O.C7H5F2N3.C3H2ClN.HI/c11-7-2-1-3-8(12)6(7)4-16-5-9(10(13)17)14-15-16;8-6-2-1-3-7(9)5(6)4-11-12-10;1-3(4)2-5;/h1-3,5H,4H2,(H2,13,17);1-3H,4H2;1H2;1H. The molecule has 2 aromatic carbocycles. The van der Waals surface area contributed by atoms with Gasteiger partial charge in [-0.1, -0.05) is 40.6 Å². The summed E-state index contributed by atoms with van der Waals surface area (Å²) in [4.78, 5) is 13.2. The summed E-state index contributed by atoms with van der Waals surface area (Å²) >= 11 is 4.91. The van der Waals surface area contributed by atoms with Crippen LogP contribution in [0.3, 0.4) is 0 Å². The number of carbonyl (C=O) groups excluding carboxylic acids is 1. The van der Waals surface area contributed by atoms with Gasteiger partial charge >= 0.3 is 0 Å². The Balaban J connectivity index is 0.000000563. The van der Waals surface area contributed by atoms with Crippen molar-refractivity contribution < 1.29 is 22.4 Å². The van der Waals surface area contributed by atoms with Gasteiger partial charge in [0.15, 0.2) is 5.69 Å². The van der Waals surface area contributed by atoms with Gasteiger partial charge in [0.1, 0.15) is 34.4 Å². The normalized spacial score (nSPS) is 9.03. The van der Waals surface area contributed by atoms with Gasteiger partial charge in [0.25, 0.3) is 5.91 Å². The minimum absolute atomic E-state index is 0. The van der Waals surface area contributed by atoms with Crippen molar-refractivity contribution in [1.82, 2.24) is 15.0 Å². The topological polar surface area (TPSA) is 146 Å². The Morgan fingerprint density at radius 3 is 1.97 bits per heavy atom. The third-order valence-corrected chi connectivity index (χ3v) is 3.73. The first-order valence-corrected chi connectivity index (χ1v) is 9.29. The summed E-state index contributed by atoms with van der Waals surface area (Å²) in [5.74, 6) is -3.49. The molecule has 35 heavy (non-hydrogen) atoms. The van der Waals surface area contributed by atoms with Gasteiger partial charge in [0, 0.05) is 16.0 Å². The van der Waals surface area contributed by atoms with Crippen LogP contribution in [0.4, 0.5) is 17.6 Å². The van der Waals surface area contributed by atoms with Gasteiger partial charge in [-0.25, -0.2) is 22.2 Å². The van der Waals surface area contributed by atoms with Crippen LogP contribution in [-0.2, 0) is 13.1 Å². The summed E-state index contributed by atoms with van der Waals surface area (Å²) in [5, 5.41) is 17.8. The highest BCUT2D eigenvalue weighted by molar-refractivity contribution is 14.0. The molecule has 0 unspecified atom stereocenters. The van der Waals surface area contributed by atoms with Gasteiger partial charge in [-0.2, -0.15) is 5.26 Å². The average molecular weight is 623 g/mol. The monoisotopic (exact) mass is 622 g/mol. The van der Waals surface area contributed by atoms with Crippen molar-refractivity contribution >= 4 is 41.5 Å². The summed E-state index contributed by atoms with van der Waals surface area (Å²) in [5.41, 5.74) is 12.5. The van der Waals surface area contributed by atoms with Crippen molar-refractivity contribution in [2.24, 2.45) is 10.8 Å². The fourth-order valence-corrected chi connectivity index (χ4v) is 2.12. The van der Waals surface area contributed by atoms with Gasteiger partial charge in [-0.05, 0) is 29.8 Å². The number of carbonyl (C=O) groups is 1. The summed E-state index contributed by atoms with van der Waals surface area (Å²) < 4.78 is 53.3. The second-order valence-electron chi connectivity index (χ2n) is 5.97. The third-order valence-electron chi connectivity index (χ3n) is 3.65. The van der Waals surface area contributed by atoms with Gasteiger partial charge in [0.2, 0.25) is 0 Å². The molecule has 0 aliphatic carbocycles. The number of benzene rings is 2. The van der Waals surface area contributed by atoms with Crippen molar-refractivity contribution in [2.45, 2.75) is 13.1 Å². The van der Waals surface area contributed by atoms with Crippen molar-refractivity contribution in [3.05, 3.63) is 105 Å². The van der Waals surface area contributed by atoms with E-state index in [2.05, 4.69) is 26.9 Å². The molecule has 0 aliphatic heterocycles. The predicted molar refractivity (Wildman–Crippen MR) is 129 cm³/mol. The fourth-order valence-electron chi connectivity index (χ4n) is 2.12. The molecule has 1 aromatic heterocycles. The largest absolute Gasteiger partial charge is 0.364 e. The lowest BCUT2D eigenvalue weighted by molar-refractivity contribution is 0.0995. The molecular weight excluding hydrogens is 607 g/mol. The number of amides is 1. The molecule has 0 saturated carbocycles. The van der Waals surface area contributed by atoms with Crippen LogP contribution in [0, 0.1) is 34.6 Å². The molecule has 2 N–H and O–H groups in total. The average Bonchev–Trinajstić information content (AvgIpc) is 3.26. The number of aromatic nitrogens is 3. The minimum Gasteiger partial charge on any atom is -0.364 e. The summed E-state index contributed by atoms with van der Waals surface area (Å²) in [6.45, 7) is 2.63. The molecule has 3 rings (SSSR count). The molecule has 1 heterocycles. The van der Waals surface area contributed by atoms with Crippen molar-refractivity contribution in [1.29, 1.82) is 5.26 Å². The number of azide groups is 1. The zero-order chi connectivity index (χ0) is 25.7. The van der Waals surface area contributed by atoms with Gasteiger partial charge in [-0.3, -0.25) is 4.79 Å². The highest BCUT2D eigenvalue weighted by atomic mass is 127. The molecule has 0 bridgehead atoms. The number of rotatable bonds is 5. The molecule has 3 aromatic rings. The summed E-state index contributed by atoms with van der Waals surface area (Å²) in [6.07, 6.45) is 1.23. The lowest BCUT2D eigenvalue weighted by atomic mass is 10.2. The quantitative estimate of drug-likeness (QED) is 0.102. The van der Waals surface area contributed by atoms with Crippen LogP contribution in [0.15, 0.2) is 59.3 Å². The number of halogens is 6. The van der Waals surface area contributed by atoms with Gasteiger partial charge in [-0.15, -0.1) is 29.1 Å². The van der Waals surface area contributed by atoms with E-state index in [0.717, 1.165) is 28.9 Å². The Bertz CT molecular complexity index is 1220. The highest BCUT2D eigenvalue weighted by Gasteiger charge is 2.12. The Kier molecular flexibility index (Phi) is 14.4. The lowest BCUT2D eigenvalue weighted by Crippen LogP contribution is -2.11. The van der Waals surface area contributed by atoms with E-state index in [4.69, 9.17) is 28.1 Å². The first-order chi connectivity index (χ1) is 16.1. The van der Waals surface area contributed by atoms with Gasteiger partial charge in [0.05, 0.1) is 19.3 Å². The SMILES string of the molecule is C=C(Cl)C#N.I.NC(=O)c1cn(Cc2c(F)cccc2F)nn1.[N-]=[N+]=NCc1c(F)cccc1F. The number of hydrogen-bond donors (Lipinski definition) is 1. The maximum absolute atomic E-state index is 13.3. The van der Waals surface area contributed by atoms with Crippen molar-refractivity contribution in [2.75, 3.05) is 0 Å². The van der Waals surface area contributed by atoms with E-state index in [0.29, 0.717) is 0 Å². The molecule has 1 amide bonds. The molecule has 0 saturated heterocycles. The number of allylic oxidation sites excluding steroid dienone is 1. The maximum Gasteiger partial charge on any atom is 0.270 e. The number of hydrogen-bond acceptors (Lipinski definition) is 5. The van der Waals surface area contributed by atoms with E-state index in [1.54, 1.807) is 6.07 Å². The lowest BCUT2D eigenvalue weighted by Gasteiger charge is -2.03. The number of nitrogens with zero attached hydrogens (tertiary/aromatic N) is 7. The predicted octanol–water partition coefficient (Wildman–Crippen LogP) is 5.36. The Labute approximate surface area is 218 Å². The van der Waals surface area contributed by atoms with E-state index in [-0.39, 0.29) is 58.9 Å². The van der Waals surface area contributed by atoms with E-state index < -0.39 is 29.2 Å². The van der Waals surface area contributed by atoms with Crippen LogP contribution in [0.25, 0.3) is 10.4 Å². The number of nitriles is 1. The summed E-state index contributed by atoms with van der Waals surface area (Å²) in [6, 6.07) is 8.64. The van der Waals surface area contributed by atoms with E-state index >= 15 is 0 Å². The Morgan fingerprint density at radius 2 is 1.60 bits per heavy atom. The molecule has 0 spiro atoms. The highest BCUT2D eigenvalue weighted by Crippen LogP contribution is 2.14.